The van der Waals surface area contributed by atoms with E-state index in [4.69, 9.17) is 0 Å². The van der Waals surface area contributed by atoms with Gasteiger partial charge >= 0.3 is 0 Å². The van der Waals surface area contributed by atoms with Crippen molar-refractivity contribution >= 4 is 23.2 Å². The molecule has 0 aliphatic carbocycles. The second-order valence-electron chi connectivity index (χ2n) is 6.06. The van der Waals surface area contributed by atoms with Gasteiger partial charge in [-0.2, -0.15) is 5.10 Å². The molecule has 4 rings (SSSR count). The second kappa shape index (κ2) is 5.22. The van der Waals surface area contributed by atoms with Crippen LogP contribution < -0.4 is 9.80 Å². The molecular weight excluding hydrogens is 292 g/mol. The molecule has 0 unspecified atom stereocenters. The molecule has 0 bridgehead atoms. The first-order valence-corrected chi connectivity index (χ1v) is 7.88. The average molecular weight is 310 g/mol. The van der Waals surface area contributed by atoms with E-state index >= 15 is 0 Å². The van der Waals surface area contributed by atoms with Crippen molar-refractivity contribution in [3.63, 3.8) is 0 Å². The number of rotatable bonds is 1. The molecule has 1 atom stereocenters. The third-order valence-electron chi connectivity index (χ3n) is 4.66. The van der Waals surface area contributed by atoms with Gasteiger partial charge in [0.1, 0.15) is 6.04 Å². The molecule has 2 aliphatic rings. The Labute approximate surface area is 134 Å². The summed E-state index contributed by atoms with van der Waals surface area (Å²) in [5.74, 6) is -0.128. The van der Waals surface area contributed by atoms with Crippen LogP contribution in [0.25, 0.3) is 0 Å². The van der Waals surface area contributed by atoms with Gasteiger partial charge in [-0.3, -0.25) is 19.6 Å². The summed E-state index contributed by atoms with van der Waals surface area (Å²) in [5, 5.41) is 7.02. The Hall–Kier alpha value is -2.63. The number of nitrogens with one attached hydrogen (secondary N) is 1. The number of aromatic amines is 1. The van der Waals surface area contributed by atoms with Crippen LogP contribution in [0.15, 0.2) is 30.5 Å². The SMILES string of the molecule is CC(=O)N1c2ccccc2C[C@H]1C(=O)N1CCCc2[nH]ncc21. The lowest BCUT2D eigenvalue weighted by molar-refractivity contribution is -0.123. The minimum absolute atomic E-state index is 0.0289. The summed E-state index contributed by atoms with van der Waals surface area (Å²) < 4.78 is 0. The van der Waals surface area contributed by atoms with Gasteiger partial charge in [0.25, 0.3) is 5.91 Å². The number of benzene rings is 1. The molecule has 2 aliphatic heterocycles. The number of carbonyl (C=O) groups excluding carboxylic acids is 2. The number of fused-ring (bicyclic) bond motifs is 2. The number of hydrogen-bond donors (Lipinski definition) is 1. The number of anilines is 2. The van der Waals surface area contributed by atoms with Gasteiger partial charge in [-0.15, -0.1) is 0 Å². The van der Waals surface area contributed by atoms with E-state index in [0.29, 0.717) is 13.0 Å². The predicted octanol–water partition coefficient (Wildman–Crippen LogP) is 1.67. The molecule has 6 nitrogen and oxygen atoms in total. The molecule has 23 heavy (non-hydrogen) atoms. The zero-order valence-electron chi connectivity index (χ0n) is 13.0. The highest BCUT2D eigenvalue weighted by molar-refractivity contribution is 6.07. The molecule has 0 saturated heterocycles. The van der Waals surface area contributed by atoms with E-state index in [2.05, 4.69) is 10.2 Å². The topological polar surface area (TPSA) is 69.3 Å². The van der Waals surface area contributed by atoms with Crippen LogP contribution in [0.3, 0.4) is 0 Å². The summed E-state index contributed by atoms with van der Waals surface area (Å²) in [6.45, 7) is 2.19. The van der Waals surface area contributed by atoms with Gasteiger partial charge in [-0.1, -0.05) is 18.2 Å². The first-order chi connectivity index (χ1) is 11.2. The van der Waals surface area contributed by atoms with Crippen molar-refractivity contribution in [1.29, 1.82) is 0 Å². The highest BCUT2D eigenvalue weighted by atomic mass is 16.2. The number of hydrogen-bond acceptors (Lipinski definition) is 3. The number of para-hydroxylation sites is 1. The molecular formula is C17H18N4O2. The van der Waals surface area contributed by atoms with E-state index in [-0.39, 0.29) is 11.8 Å². The first-order valence-electron chi connectivity index (χ1n) is 7.88. The van der Waals surface area contributed by atoms with Crippen molar-refractivity contribution in [2.75, 3.05) is 16.3 Å². The van der Waals surface area contributed by atoms with Crippen molar-refractivity contribution in [3.8, 4) is 0 Å². The Morgan fingerprint density at radius 2 is 2.09 bits per heavy atom. The number of carbonyl (C=O) groups is 2. The Balaban J connectivity index is 1.69. The molecule has 0 spiro atoms. The maximum Gasteiger partial charge on any atom is 0.250 e. The van der Waals surface area contributed by atoms with Crippen LogP contribution >= 0.6 is 0 Å². The fourth-order valence-electron chi connectivity index (χ4n) is 3.64. The fourth-order valence-corrected chi connectivity index (χ4v) is 3.64. The summed E-state index contributed by atoms with van der Waals surface area (Å²) in [6, 6.07) is 7.27. The van der Waals surface area contributed by atoms with Crippen LogP contribution in [0.4, 0.5) is 11.4 Å². The second-order valence-corrected chi connectivity index (χ2v) is 6.06. The molecule has 0 fully saturated rings. The maximum absolute atomic E-state index is 13.1. The van der Waals surface area contributed by atoms with Gasteiger partial charge in [0.2, 0.25) is 5.91 Å². The first kappa shape index (κ1) is 14.0. The maximum atomic E-state index is 13.1. The molecule has 0 saturated carbocycles. The molecule has 118 valence electrons. The predicted molar refractivity (Wildman–Crippen MR) is 86.4 cm³/mol. The lowest BCUT2D eigenvalue weighted by Crippen LogP contribution is -2.50. The number of aromatic nitrogens is 2. The van der Waals surface area contributed by atoms with Crippen LogP contribution in [0.5, 0.6) is 0 Å². The van der Waals surface area contributed by atoms with Crippen LogP contribution in [-0.4, -0.2) is 34.6 Å². The van der Waals surface area contributed by atoms with E-state index in [1.165, 1.54) is 6.92 Å². The molecule has 2 aromatic rings. The lowest BCUT2D eigenvalue weighted by Gasteiger charge is -2.32. The molecule has 1 N–H and O–H groups in total. The smallest absolute Gasteiger partial charge is 0.250 e. The van der Waals surface area contributed by atoms with E-state index in [9.17, 15) is 9.59 Å². The summed E-state index contributed by atoms with van der Waals surface area (Å²) >= 11 is 0. The monoisotopic (exact) mass is 310 g/mol. The van der Waals surface area contributed by atoms with Gasteiger partial charge in [-0.05, 0) is 24.5 Å². The standard InChI is InChI=1S/C17H18N4O2/c1-11(22)21-14-7-3-2-5-12(14)9-15(21)17(23)20-8-4-6-13-16(20)10-18-19-13/h2-3,5,7,10,15H,4,6,8-9H2,1H3,(H,18,19)/t15-/m0/s1. The van der Waals surface area contributed by atoms with E-state index in [0.717, 1.165) is 35.5 Å². The molecule has 1 aromatic heterocycles. The fraction of sp³-hybridized carbons (Fsp3) is 0.353. The molecule has 6 heteroatoms. The molecule has 3 heterocycles. The average Bonchev–Trinajstić information content (AvgIpc) is 3.17. The van der Waals surface area contributed by atoms with Gasteiger partial charge in [0.15, 0.2) is 0 Å². The van der Waals surface area contributed by atoms with Gasteiger partial charge in [0.05, 0.1) is 17.6 Å². The summed E-state index contributed by atoms with van der Waals surface area (Å²) in [6.07, 6.45) is 4.08. The zero-order valence-corrected chi connectivity index (χ0v) is 13.0. The summed E-state index contributed by atoms with van der Waals surface area (Å²) in [4.78, 5) is 28.7. The van der Waals surface area contributed by atoms with Crippen molar-refractivity contribution in [1.82, 2.24) is 10.2 Å². The third-order valence-corrected chi connectivity index (χ3v) is 4.66. The number of aryl methyl sites for hydroxylation is 1. The Kier molecular flexibility index (Phi) is 3.18. The summed E-state index contributed by atoms with van der Waals surface area (Å²) in [5.41, 5.74) is 3.74. The Morgan fingerprint density at radius 3 is 2.91 bits per heavy atom. The highest BCUT2D eigenvalue weighted by Crippen LogP contribution is 2.34. The minimum atomic E-state index is -0.467. The van der Waals surface area contributed by atoms with Gasteiger partial charge in [-0.25, -0.2) is 0 Å². The van der Waals surface area contributed by atoms with E-state index in [1.54, 1.807) is 16.0 Å². The normalized spacial score (nSPS) is 19.4. The van der Waals surface area contributed by atoms with Crippen LogP contribution in [-0.2, 0) is 22.4 Å². The quantitative estimate of drug-likeness (QED) is 0.871. The summed E-state index contributed by atoms with van der Waals surface area (Å²) in [7, 11) is 0. The largest absolute Gasteiger partial charge is 0.307 e. The highest BCUT2D eigenvalue weighted by Gasteiger charge is 2.40. The zero-order chi connectivity index (χ0) is 16.0. The van der Waals surface area contributed by atoms with Crippen LogP contribution in [0, 0.1) is 0 Å². The third kappa shape index (κ3) is 2.13. The van der Waals surface area contributed by atoms with Gasteiger partial charge in [0, 0.05) is 25.6 Å². The van der Waals surface area contributed by atoms with E-state index in [1.807, 2.05) is 24.3 Å². The van der Waals surface area contributed by atoms with Gasteiger partial charge < -0.3 is 4.90 Å². The van der Waals surface area contributed by atoms with Crippen molar-refractivity contribution in [2.45, 2.75) is 32.2 Å². The number of H-pyrrole nitrogens is 1. The molecule has 0 radical (unpaired) electrons. The lowest BCUT2D eigenvalue weighted by atomic mass is 10.1. The van der Waals surface area contributed by atoms with Crippen molar-refractivity contribution in [3.05, 3.63) is 41.7 Å². The van der Waals surface area contributed by atoms with Crippen molar-refractivity contribution in [2.24, 2.45) is 0 Å². The minimum Gasteiger partial charge on any atom is -0.307 e. The Bertz CT molecular complexity index is 782. The van der Waals surface area contributed by atoms with Crippen LogP contribution in [0.1, 0.15) is 24.6 Å². The molecule has 1 aromatic carbocycles. The number of nitrogens with zero attached hydrogens (tertiary/aromatic N) is 3. The van der Waals surface area contributed by atoms with Crippen molar-refractivity contribution < 1.29 is 9.59 Å². The van der Waals surface area contributed by atoms with E-state index < -0.39 is 6.04 Å². The molecule has 2 amide bonds. The number of amides is 2. The Morgan fingerprint density at radius 1 is 1.26 bits per heavy atom. The van der Waals surface area contributed by atoms with Crippen LogP contribution in [0.2, 0.25) is 0 Å².